The molecule has 2 aromatic rings. The standard InChI is InChI=1S/C11H10F3N3O2/c1-19-10(18)7-2-3-8-15-16-9(17(8)6-7)4-5-11(12,13)14/h2-3,6H,4-5H2,1H3. The number of hydrogen-bond donors (Lipinski definition) is 0. The molecule has 0 aliphatic carbocycles. The monoisotopic (exact) mass is 273 g/mol. The smallest absolute Gasteiger partial charge is 0.389 e. The molecule has 8 heteroatoms. The van der Waals surface area contributed by atoms with Gasteiger partial charge in [0.1, 0.15) is 5.82 Å². The lowest BCUT2D eigenvalue weighted by Crippen LogP contribution is -2.10. The molecule has 0 fully saturated rings. The van der Waals surface area contributed by atoms with Gasteiger partial charge in [0.05, 0.1) is 19.1 Å². The molecule has 2 rings (SSSR count). The maximum atomic E-state index is 12.2. The predicted molar refractivity (Wildman–Crippen MR) is 58.7 cm³/mol. The molecule has 2 aromatic heterocycles. The van der Waals surface area contributed by atoms with Crippen LogP contribution in [0.4, 0.5) is 13.2 Å². The Kier molecular flexibility index (Phi) is 3.41. The zero-order chi connectivity index (χ0) is 14.0. The fourth-order valence-electron chi connectivity index (χ4n) is 1.60. The van der Waals surface area contributed by atoms with Gasteiger partial charge in [0, 0.05) is 12.6 Å². The normalized spacial score (nSPS) is 11.8. The maximum Gasteiger partial charge on any atom is 0.389 e. The van der Waals surface area contributed by atoms with Crippen LogP contribution in [-0.2, 0) is 11.2 Å². The number of carbonyl (C=O) groups is 1. The molecule has 0 aromatic carbocycles. The van der Waals surface area contributed by atoms with Gasteiger partial charge in [0.2, 0.25) is 0 Å². The van der Waals surface area contributed by atoms with Gasteiger partial charge in [0.15, 0.2) is 5.65 Å². The Morgan fingerprint density at radius 2 is 2.11 bits per heavy atom. The van der Waals surface area contributed by atoms with Gasteiger partial charge < -0.3 is 4.74 Å². The number of fused-ring (bicyclic) bond motifs is 1. The van der Waals surface area contributed by atoms with Crippen LogP contribution >= 0.6 is 0 Å². The van der Waals surface area contributed by atoms with Crippen molar-refractivity contribution in [2.24, 2.45) is 0 Å². The number of esters is 1. The molecule has 5 nitrogen and oxygen atoms in total. The minimum atomic E-state index is -4.26. The van der Waals surface area contributed by atoms with Crippen LogP contribution in [0.3, 0.4) is 0 Å². The van der Waals surface area contributed by atoms with E-state index >= 15 is 0 Å². The highest BCUT2D eigenvalue weighted by atomic mass is 19.4. The summed E-state index contributed by atoms with van der Waals surface area (Å²) in [5.74, 6) is -0.421. The van der Waals surface area contributed by atoms with Crippen LogP contribution in [0.15, 0.2) is 18.3 Å². The van der Waals surface area contributed by atoms with Crippen LogP contribution < -0.4 is 0 Å². The van der Waals surface area contributed by atoms with Crippen molar-refractivity contribution in [1.29, 1.82) is 0 Å². The molecule has 0 radical (unpaired) electrons. The summed E-state index contributed by atoms with van der Waals surface area (Å²) >= 11 is 0. The molecule has 0 atom stereocenters. The average Bonchev–Trinajstić information content (AvgIpc) is 2.76. The minimum absolute atomic E-state index is 0.151. The van der Waals surface area contributed by atoms with E-state index in [2.05, 4.69) is 14.9 Å². The quantitative estimate of drug-likeness (QED) is 0.803. The zero-order valence-electron chi connectivity index (χ0n) is 9.94. The van der Waals surface area contributed by atoms with Crippen LogP contribution in [-0.4, -0.2) is 33.9 Å². The number of nitrogens with zero attached hydrogens (tertiary/aromatic N) is 3. The number of aryl methyl sites for hydroxylation is 1. The number of carbonyl (C=O) groups excluding carboxylic acids is 1. The van der Waals surface area contributed by atoms with Crippen LogP contribution in [0.25, 0.3) is 5.65 Å². The van der Waals surface area contributed by atoms with E-state index in [4.69, 9.17) is 0 Å². The van der Waals surface area contributed by atoms with Gasteiger partial charge in [-0.15, -0.1) is 10.2 Å². The van der Waals surface area contributed by atoms with Crippen LogP contribution in [0, 0.1) is 0 Å². The SMILES string of the molecule is COC(=O)c1ccc2nnc(CCC(F)(F)F)n2c1. The van der Waals surface area contributed by atoms with Crippen molar-refractivity contribution < 1.29 is 22.7 Å². The molecule has 0 spiro atoms. The van der Waals surface area contributed by atoms with E-state index in [1.807, 2.05) is 0 Å². The lowest BCUT2D eigenvalue weighted by molar-refractivity contribution is -0.134. The number of halogens is 3. The number of rotatable bonds is 3. The highest BCUT2D eigenvalue weighted by Gasteiger charge is 2.27. The summed E-state index contributed by atoms with van der Waals surface area (Å²) in [5.41, 5.74) is 0.605. The molecule has 2 heterocycles. The Balaban J connectivity index is 2.32. The second kappa shape index (κ2) is 4.87. The fraction of sp³-hybridized carbons (Fsp3) is 0.364. The van der Waals surface area contributed by atoms with E-state index in [1.54, 1.807) is 0 Å². The van der Waals surface area contributed by atoms with Crippen molar-refractivity contribution in [3.05, 3.63) is 29.7 Å². The van der Waals surface area contributed by atoms with Crippen LogP contribution in [0.2, 0.25) is 0 Å². The van der Waals surface area contributed by atoms with Gasteiger partial charge in [-0.3, -0.25) is 4.40 Å². The molecule has 19 heavy (non-hydrogen) atoms. The Morgan fingerprint density at radius 1 is 1.37 bits per heavy atom. The number of methoxy groups -OCH3 is 1. The molecule has 0 aliphatic rings. The molecule has 0 N–H and O–H groups in total. The summed E-state index contributed by atoms with van der Waals surface area (Å²) < 4.78 is 42.4. The van der Waals surface area contributed by atoms with E-state index in [0.29, 0.717) is 5.65 Å². The third kappa shape index (κ3) is 3.01. The largest absolute Gasteiger partial charge is 0.465 e. The number of ether oxygens (including phenoxy) is 1. The molecule has 0 unspecified atom stereocenters. The topological polar surface area (TPSA) is 56.5 Å². The van der Waals surface area contributed by atoms with E-state index in [9.17, 15) is 18.0 Å². The van der Waals surface area contributed by atoms with Crippen molar-refractivity contribution in [3.63, 3.8) is 0 Å². The number of aromatic nitrogens is 3. The molecule has 0 aliphatic heterocycles. The number of hydrogen-bond acceptors (Lipinski definition) is 4. The lowest BCUT2D eigenvalue weighted by Gasteiger charge is -2.05. The first kappa shape index (κ1) is 13.3. The lowest BCUT2D eigenvalue weighted by atomic mass is 10.2. The van der Waals surface area contributed by atoms with Gasteiger partial charge in [-0.2, -0.15) is 13.2 Å². The first-order valence-electron chi connectivity index (χ1n) is 5.39. The van der Waals surface area contributed by atoms with E-state index in [0.717, 1.165) is 0 Å². The van der Waals surface area contributed by atoms with Crippen molar-refractivity contribution in [2.45, 2.75) is 19.0 Å². The van der Waals surface area contributed by atoms with Crippen LogP contribution in [0.5, 0.6) is 0 Å². The summed E-state index contributed by atoms with van der Waals surface area (Å²) in [7, 11) is 1.23. The summed E-state index contributed by atoms with van der Waals surface area (Å²) in [6, 6.07) is 2.97. The van der Waals surface area contributed by atoms with Gasteiger partial charge in [-0.25, -0.2) is 4.79 Å². The van der Waals surface area contributed by atoms with Crippen LogP contribution in [0.1, 0.15) is 22.6 Å². The molecule has 0 saturated carbocycles. The Hall–Kier alpha value is -2.12. The second-order valence-electron chi connectivity index (χ2n) is 3.87. The van der Waals surface area contributed by atoms with Crippen molar-refractivity contribution in [1.82, 2.24) is 14.6 Å². The summed E-state index contributed by atoms with van der Waals surface area (Å²) in [5, 5.41) is 7.42. The van der Waals surface area contributed by atoms with E-state index in [1.165, 1.54) is 29.8 Å². The molecular weight excluding hydrogens is 263 g/mol. The summed E-state index contributed by atoms with van der Waals surface area (Å²) in [6.07, 6.45) is -4.18. The Labute approximate surface area is 106 Å². The van der Waals surface area contributed by atoms with Gasteiger partial charge in [-0.05, 0) is 12.1 Å². The molecule has 102 valence electrons. The van der Waals surface area contributed by atoms with E-state index in [-0.39, 0.29) is 17.8 Å². The average molecular weight is 273 g/mol. The maximum absolute atomic E-state index is 12.2. The van der Waals surface area contributed by atoms with Crippen molar-refractivity contribution in [3.8, 4) is 0 Å². The molecule has 0 amide bonds. The summed E-state index contributed by atoms with van der Waals surface area (Å²) in [4.78, 5) is 11.4. The first-order chi connectivity index (χ1) is 8.90. The molecule has 0 bridgehead atoms. The second-order valence-corrected chi connectivity index (χ2v) is 3.87. The zero-order valence-corrected chi connectivity index (χ0v) is 9.94. The highest BCUT2D eigenvalue weighted by molar-refractivity contribution is 5.89. The third-order valence-corrected chi connectivity index (χ3v) is 2.53. The van der Waals surface area contributed by atoms with Crippen molar-refractivity contribution >= 4 is 11.6 Å². The Morgan fingerprint density at radius 3 is 2.74 bits per heavy atom. The Bertz CT molecular complexity index is 607. The predicted octanol–water partition coefficient (Wildman–Crippen LogP) is 2.01. The highest BCUT2D eigenvalue weighted by Crippen LogP contribution is 2.21. The molecular formula is C11H10F3N3O2. The number of pyridine rings is 1. The summed E-state index contributed by atoms with van der Waals surface area (Å²) in [6.45, 7) is 0. The minimum Gasteiger partial charge on any atom is -0.465 e. The first-order valence-corrected chi connectivity index (χ1v) is 5.39. The van der Waals surface area contributed by atoms with Gasteiger partial charge in [-0.1, -0.05) is 0 Å². The van der Waals surface area contributed by atoms with Gasteiger partial charge in [0.25, 0.3) is 0 Å². The van der Waals surface area contributed by atoms with Gasteiger partial charge >= 0.3 is 12.1 Å². The molecule has 0 saturated heterocycles. The third-order valence-electron chi connectivity index (χ3n) is 2.53. The van der Waals surface area contributed by atoms with Crippen molar-refractivity contribution in [2.75, 3.05) is 7.11 Å². The van der Waals surface area contributed by atoms with E-state index < -0.39 is 18.6 Å². The number of alkyl halides is 3. The fourth-order valence-corrected chi connectivity index (χ4v) is 1.60.